The molecule has 0 saturated heterocycles. The van der Waals surface area contributed by atoms with E-state index in [1.165, 1.54) is 7.11 Å². The molecule has 0 saturated carbocycles. The monoisotopic (exact) mass is 219 g/mol. The highest BCUT2D eigenvalue weighted by Gasteiger charge is 2.18. The Labute approximate surface area is 93.1 Å². The standard InChI is InChI=1S/C12H13NO3/c1-16-8-11(12(14)15)13-6-9-4-2-3-5-10(9)7-13/h2-7,11H,8H2,1H3,(H,14,15)/t11-/m1/s1. The third-order valence-electron chi connectivity index (χ3n) is 2.54. The summed E-state index contributed by atoms with van der Waals surface area (Å²) in [6, 6.07) is 7.10. The first-order valence-corrected chi connectivity index (χ1v) is 5.00. The second-order valence-electron chi connectivity index (χ2n) is 3.64. The average molecular weight is 219 g/mol. The first-order valence-electron chi connectivity index (χ1n) is 5.00. The fourth-order valence-corrected chi connectivity index (χ4v) is 1.73. The zero-order valence-corrected chi connectivity index (χ0v) is 8.96. The smallest absolute Gasteiger partial charge is 0.329 e. The maximum atomic E-state index is 11.1. The highest BCUT2D eigenvalue weighted by molar-refractivity contribution is 5.83. The van der Waals surface area contributed by atoms with Crippen LogP contribution in [0.25, 0.3) is 10.8 Å². The Bertz CT molecular complexity index is 471. The summed E-state index contributed by atoms with van der Waals surface area (Å²) in [7, 11) is 1.50. The quantitative estimate of drug-likeness (QED) is 0.854. The second kappa shape index (κ2) is 4.37. The van der Waals surface area contributed by atoms with E-state index in [1.54, 1.807) is 4.57 Å². The average Bonchev–Trinajstić information content (AvgIpc) is 2.68. The topological polar surface area (TPSA) is 51.5 Å². The van der Waals surface area contributed by atoms with Gasteiger partial charge in [0.15, 0.2) is 6.04 Å². The molecule has 1 aromatic heterocycles. The molecule has 0 spiro atoms. The Kier molecular flexibility index (Phi) is 2.92. The van der Waals surface area contributed by atoms with Crippen LogP contribution in [-0.4, -0.2) is 29.4 Å². The molecule has 0 unspecified atom stereocenters. The number of carboxylic acid groups (broad SMARTS) is 1. The van der Waals surface area contributed by atoms with Crippen LogP contribution < -0.4 is 0 Å². The maximum absolute atomic E-state index is 11.1. The molecular weight excluding hydrogens is 206 g/mol. The fourth-order valence-electron chi connectivity index (χ4n) is 1.73. The van der Waals surface area contributed by atoms with E-state index in [2.05, 4.69) is 0 Å². The Morgan fingerprint density at radius 2 is 1.94 bits per heavy atom. The van der Waals surface area contributed by atoms with Crippen molar-refractivity contribution in [1.82, 2.24) is 4.57 Å². The van der Waals surface area contributed by atoms with Gasteiger partial charge < -0.3 is 14.4 Å². The molecule has 4 heteroatoms. The predicted octanol–water partition coefficient (Wildman–Crippen LogP) is 1.91. The number of hydrogen-bond acceptors (Lipinski definition) is 2. The molecule has 0 fully saturated rings. The molecule has 0 bridgehead atoms. The van der Waals surface area contributed by atoms with E-state index in [-0.39, 0.29) is 6.61 Å². The largest absolute Gasteiger partial charge is 0.480 e. The van der Waals surface area contributed by atoms with E-state index in [1.807, 2.05) is 36.7 Å². The molecule has 1 heterocycles. The third kappa shape index (κ3) is 1.92. The number of aliphatic carboxylic acids is 1. The fraction of sp³-hybridized carbons (Fsp3) is 0.250. The van der Waals surface area contributed by atoms with Crippen molar-refractivity contribution in [3.63, 3.8) is 0 Å². The lowest BCUT2D eigenvalue weighted by Crippen LogP contribution is -2.22. The molecule has 0 aliphatic rings. The van der Waals surface area contributed by atoms with E-state index in [4.69, 9.17) is 9.84 Å². The summed E-state index contributed by atoms with van der Waals surface area (Å²) in [5.41, 5.74) is 0. The molecule has 0 radical (unpaired) electrons. The van der Waals surface area contributed by atoms with Gasteiger partial charge in [-0.15, -0.1) is 0 Å². The summed E-state index contributed by atoms with van der Waals surface area (Å²) < 4.78 is 6.59. The van der Waals surface area contributed by atoms with Gasteiger partial charge in [-0.2, -0.15) is 0 Å². The molecule has 0 amide bonds. The van der Waals surface area contributed by atoms with Crippen LogP contribution in [-0.2, 0) is 9.53 Å². The Morgan fingerprint density at radius 1 is 1.38 bits per heavy atom. The molecular formula is C12H13NO3. The van der Waals surface area contributed by atoms with Crippen LogP contribution in [0.15, 0.2) is 36.7 Å². The normalized spacial score (nSPS) is 12.8. The molecule has 2 aromatic rings. The van der Waals surface area contributed by atoms with Gasteiger partial charge in [0.2, 0.25) is 0 Å². The minimum Gasteiger partial charge on any atom is -0.480 e. The molecule has 4 nitrogen and oxygen atoms in total. The van der Waals surface area contributed by atoms with E-state index in [9.17, 15) is 4.79 Å². The number of rotatable bonds is 4. The van der Waals surface area contributed by atoms with Crippen LogP contribution in [0.5, 0.6) is 0 Å². The van der Waals surface area contributed by atoms with E-state index >= 15 is 0 Å². The Balaban J connectivity index is 2.40. The third-order valence-corrected chi connectivity index (χ3v) is 2.54. The van der Waals surface area contributed by atoms with Crippen molar-refractivity contribution in [2.75, 3.05) is 13.7 Å². The Morgan fingerprint density at radius 3 is 2.38 bits per heavy atom. The van der Waals surface area contributed by atoms with Gasteiger partial charge in [-0.1, -0.05) is 24.3 Å². The summed E-state index contributed by atoms with van der Waals surface area (Å²) in [5, 5.41) is 11.1. The molecule has 0 aliphatic heterocycles. The van der Waals surface area contributed by atoms with Crippen LogP contribution in [0.3, 0.4) is 0 Å². The summed E-state index contributed by atoms with van der Waals surface area (Å²) >= 11 is 0. The zero-order valence-electron chi connectivity index (χ0n) is 8.96. The lowest BCUT2D eigenvalue weighted by Gasteiger charge is -2.12. The SMILES string of the molecule is COC[C@H](C(=O)O)n1cc2ccccc2c1. The summed E-state index contributed by atoms with van der Waals surface area (Å²) in [4.78, 5) is 11.1. The number of carboxylic acids is 1. The molecule has 1 N–H and O–H groups in total. The lowest BCUT2D eigenvalue weighted by atomic mass is 10.2. The van der Waals surface area contributed by atoms with Gasteiger partial charge in [0.05, 0.1) is 6.61 Å². The Hall–Kier alpha value is -1.81. The van der Waals surface area contributed by atoms with Gasteiger partial charge in [-0.25, -0.2) is 4.79 Å². The number of aromatic nitrogens is 1. The summed E-state index contributed by atoms with van der Waals surface area (Å²) in [6.07, 6.45) is 3.65. The van der Waals surface area contributed by atoms with Gasteiger partial charge in [-0.05, 0) is 10.8 Å². The number of carbonyl (C=O) groups is 1. The maximum Gasteiger partial charge on any atom is 0.329 e. The van der Waals surface area contributed by atoms with Gasteiger partial charge in [-0.3, -0.25) is 0 Å². The van der Waals surface area contributed by atoms with Crippen molar-refractivity contribution in [2.45, 2.75) is 6.04 Å². The molecule has 16 heavy (non-hydrogen) atoms. The van der Waals surface area contributed by atoms with Crippen molar-refractivity contribution in [1.29, 1.82) is 0 Å². The molecule has 2 rings (SSSR count). The van der Waals surface area contributed by atoms with Crippen LogP contribution in [0.4, 0.5) is 0 Å². The molecule has 1 atom stereocenters. The number of hydrogen-bond donors (Lipinski definition) is 1. The predicted molar refractivity (Wildman–Crippen MR) is 60.5 cm³/mol. The minimum absolute atomic E-state index is 0.163. The van der Waals surface area contributed by atoms with Crippen molar-refractivity contribution < 1.29 is 14.6 Å². The minimum atomic E-state index is -0.887. The van der Waals surface area contributed by atoms with E-state index in [0.717, 1.165) is 10.8 Å². The molecule has 84 valence electrons. The van der Waals surface area contributed by atoms with Crippen molar-refractivity contribution in [3.05, 3.63) is 36.7 Å². The van der Waals surface area contributed by atoms with Crippen molar-refractivity contribution in [3.8, 4) is 0 Å². The van der Waals surface area contributed by atoms with Crippen molar-refractivity contribution >= 4 is 16.7 Å². The zero-order chi connectivity index (χ0) is 11.5. The molecule has 0 aliphatic carbocycles. The van der Waals surface area contributed by atoms with E-state index < -0.39 is 12.0 Å². The van der Waals surface area contributed by atoms with Gasteiger partial charge in [0.1, 0.15) is 0 Å². The van der Waals surface area contributed by atoms with E-state index in [0.29, 0.717) is 0 Å². The van der Waals surface area contributed by atoms with Crippen LogP contribution >= 0.6 is 0 Å². The van der Waals surface area contributed by atoms with Crippen LogP contribution in [0.2, 0.25) is 0 Å². The van der Waals surface area contributed by atoms with Gasteiger partial charge in [0, 0.05) is 19.5 Å². The second-order valence-corrected chi connectivity index (χ2v) is 3.64. The number of benzene rings is 1. The first-order chi connectivity index (χ1) is 7.72. The number of methoxy groups -OCH3 is 1. The molecule has 1 aromatic carbocycles. The van der Waals surface area contributed by atoms with Gasteiger partial charge in [0.25, 0.3) is 0 Å². The first kappa shape index (κ1) is 10.7. The van der Waals surface area contributed by atoms with Crippen molar-refractivity contribution in [2.24, 2.45) is 0 Å². The number of ether oxygens (including phenoxy) is 1. The highest BCUT2D eigenvalue weighted by Crippen LogP contribution is 2.18. The van der Waals surface area contributed by atoms with Crippen LogP contribution in [0.1, 0.15) is 6.04 Å². The lowest BCUT2D eigenvalue weighted by molar-refractivity contribution is -0.142. The number of nitrogens with zero attached hydrogens (tertiary/aromatic N) is 1. The van der Waals surface area contributed by atoms with Crippen LogP contribution in [0, 0.1) is 0 Å². The number of fused-ring (bicyclic) bond motifs is 1. The highest BCUT2D eigenvalue weighted by atomic mass is 16.5. The van der Waals surface area contributed by atoms with Gasteiger partial charge >= 0.3 is 5.97 Å². The summed E-state index contributed by atoms with van der Waals surface area (Å²) in [5.74, 6) is -0.887. The summed E-state index contributed by atoms with van der Waals surface area (Å²) in [6.45, 7) is 0.163.